The number of nitro benzene ring substituents is 1. The molecule has 2 aromatic rings. The quantitative estimate of drug-likeness (QED) is 0.335. The van der Waals surface area contributed by atoms with Crippen LogP contribution in [0, 0.1) is 15.5 Å². The summed E-state index contributed by atoms with van der Waals surface area (Å²) in [6.07, 6.45) is 0. The van der Waals surface area contributed by atoms with Crippen molar-refractivity contribution in [3.05, 3.63) is 64.2 Å². The Morgan fingerprint density at radius 3 is 2.13 bits per heavy atom. The monoisotopic (exact) mass is 441 g/mol. The highest BCUT2D eigenvalue weighted by Gasteiger charge is 2.19. The van der Waals surface area contributed by atoms with Gasteiger partial charge in [0.05, 0.1) is 18.1 Å². The Bertz CT molecular complexity index is 935. The molecular weight excluding hydrogens is 418 g/mol. The molecule has 0 amide bonds. The van der Waals surface area contributed by atoms with Crippen LogP contribution in [0.4, 0.5) is 5.69 Å². The first-order valence-electron chi connectivity index (χ1n) is 8.82. The molecule has 0 aliphatic carbocycles. The molecule has 0 aliphatic rings. The first-order chi connectivity index (χ1) is 13.9. The number of nitrogens with zero attached hydrogens (tertiary/aromatic N) is 1. The molecule has 0 radical (unpaired) electrons. The Kier molecular flexibility index (Phi) is 7.73. The first kappa shape index (κ1) is 23.5. The van der Waals surface area contributed by atoms with Crippen molar-refractivity contribution in [2.24, 2.45) is 5.41 Å². The summed E-state index contributed by atoms with van der Waals surface area (Å²) < 4.78 is 43.6. The van der Waals surface area contributed by atoms with Gasteiger partial charge in [-0.05, 0) is 35.2 Å². The van der Waals surface area contributed by atoms with Gasteiger partial charge in [-0.3, -0.25) is 10.1 Å². The number of ether oxygens (including phenoxy) is 2. The van der Waals surface area contributed by atoms with Crippen LogP contribution in [0.15, 0.2) is 48.5 Å². The van der Waals surface area contributed by atoms with Crippen LogP contribution < -0.4 is 8.92 Å². The van der Waals surface area contributed by atoms with E-state index in [-0.39, 0.29) is 35.8 Å². The summed E-state index contributed by atoms with van der Waals surface area (Å²) >= 11 is 0. The fraction of sp³-hybridized carbons (Fsp3) is 0.368. The van der Waals surface area contributed by atoms with Crippen molar-refractivity contribution in [3.63, 3.8) is 0 Å². The fourth-order valence-electron chi connectivity index (χ4n) is 2.00. The largest absolute Gasteiger partial charge is 0.449 e. The van der Waals surface area contributed by atoms with Crippen LogP contribution >= 0.6 is 0 Å². The second-order valence-corrected chi connectivity index (χ2v) is 8.66. The maximum atomic E-state index is 11.8. The van der Waals surface area contributed by atoms with Gasteiger partial charge in [-0.2, -0.15) is 8.42 Å². The van der Waals surface area contributed by atoms with Gasteiger partial charge in [0.1, 0.15) is 11.5 Å². The third-order valence-corrected chi connectivity index (χ3v) is 4.24. The lowest BCUT2D eigenvalue weighted by atomic mass is 9.99. The van der Waals surface area contributed by atoms with Crippen LogP contribution in [0.2, 0.25) is 0 Å². The van der Waals surface area contributed by atoms with Gasteiger partial charge in [0.15, 0.2) is 0 Å². The summed E-state index contributed by atoms with van der Waals surface area (Å²) in [4.78, 5) is 10.1. The standard InChI is InChI=1S/C19H23NO9S/c1-19(2,3)13-27-30(24,25)29-17-8-4-14(5-9-17)12-26-18(21)28-16-10-6-15(7-11-16)20(22)23/h4-11,18,21H,12-13H2,1-3H3. The fourth-order valence-corrected chi connectivity index (χ4v) is 2.89. The lowest BCUT2D eigenvalue weighted by Crippen LogP contribution is -2.21. The minimum atomic E-state index is -4.18. The van der Waals surface area contributed by atoms with E-state index >= 15 is 0 Å². The number of hydrogen-bond donors (Lipinski definition) is 1. The lowest BCUT2D eigenvalue weighted by Gasteiger charge is -2.17. The van der Waals surface area contributed by atoms with Crippen molar-refractivity contribution in [3.8, 4) is 11.5 Å². The molecule has 2 rings (SSSR count). The molecule has 10 nitrogen and oxygen atoms in total. The van der Waals surface area contributed by atoms with Gasteiger partial charge in [-0.25, -0.2) is 4.18 Å². The maximum absolute atomic E-state index is 11.8. The number of nitro groups is 1. The number of aliphatic hydroxyl groups excluding tert-OH is 1. The van der Waals surface area contributed by atoms with E-state index in [0.29, 0.717) is 5.56 Å². The normalized spacial score (nSPS) is 12.9. The zero-order chi connectivity index (χ0) is 22.4. The van der Waals surface area contributed by atoms with Crippen LogP contribution in [0.1, 0.15) is 26.3 Å². The average Bonchev–Trinajstić information content (AvgIpc) is 2.66. The van der Waals surface area contributed by atoms with E-state index in [1.54, 1.807) is 12.1 Å². The molecule has 0 heterocycles. The van der Waals surface area contributed by atoms with Gasteiger partial charge in [-0.1, -0.05) is 32.9 Å². The topological polar surface area (TPSA) is 134 Å². The van der Waals surface area contributed by atoms with Gasteiger partial charge in [0.25, 0.3) is 5.69 Å². The molecule has 1 unspecified atom stereocenters. The number of non-ortho nitro benzene ring substituents is 1. The van der Waals surface area contributed by atoms with E-state index in [1.165, 1.54) is 36.4 Å². The zero-order valence-electron chi connectivity index (χ0n) is 16.7. The number of aliphatic hydroxyl groups is 1. The van der Waals surface area contributed by atoms with Gasteiger partial charge in [0.2, 0.25) is 0 Å². The highest BCUT2D eigenvalue weighted by atomic mass is 32.3. The van der Waals surface area contributed by atoms with E-state index < -0.39 is 21.8 Å². The second kappa shape index (κ2) is 9.85. The Hall–Kier alpha value is -2.73. The molecule has 30 heavy (non-hydrogen) atoms. The summed E-state index contributed by atoms with van der Waals surface area (Å²) in [6, 6.07) is 11.1. The summed E-state index contributed by atoms with van der Waals surface area (Å²) in [7, 11) is -4.18. The van der Waals surface area contributed by atoms with Gasteiger partial charge in [0, 0.05) is 12.1 Å². The summed E-state index contributed by atoms with van der Waals surface area (Å²) in [5.74, 6) is 0.257. The molecule has 1 atom stereocenters. The van der Waals surface area contributed by atoms with Crippen molar-refractivity contribution in [2.45, 2.75) is 33.9 Å². The molecular formula is C19H23NO9S. The lowest BCUT2D eigenvalue weighted by molar-refractivity contribution is -0.384. The molecule has 0 aromatic heterocycles. The zero-order valence-corrected chi connectivity index (χ0v) is 17.5. The maximum Gasteiger partial charge on any atom is 0.449 e. The molecule has 1 N–H and O–H groups in total. The summed E-state index contributed by atoms with van der Waals surface area (Å²) in [6.45, 7) is 3.83. The molecule has 0 fully saturated rings. The number of hydrogen-bond acceptors (Lipinski definition) is 9. The van der Waals surface area contributed by atoms with Gasteiger partial charge < -0.3 is 18.8 Å². The average molecular weight is 441 g/mol. The van der Waals surface area contributed by atoms with Crippen LogP contribution in [-0.2, 0) is 25.9 Å². The van der Waals surface area contributed by atoms with Gasteiger partial charge >= 0.3 is 16.9 Å². The smallest absolute Gasteiger partial charge is 0.441 e. The van der Waals surface area contributed by atoms with Crippen LogP contribution in [0.25, 0.3) is 0 Å². The van der Waals surface area contributed by atoms with Crippen molar-refractivity contribution in [1.29, 1.82) is 0 Å². The van der Waals surface area contributed by atoms with Crippen molar-refractivity contribution < 1.29 is 36.3 Å². The van der Waals surface area contributed by atoms with Crippen molar-refractivity contribution in [2.75, 3.05) is 6.61 Å². The Morgan fingerprint density at radius 1 is 1.03 bits per heavy atom. The molecule has 164 valence electrons. The molecule has 0 aliphatic heterocycles. The molecule has 2 aromatic carbocycles. The molecule has 0 saturated carbocycles. The number of rotatable bonds is 10. The highest BCUT2D eigenvalue weighted by Crippen LogP contribution is 2.20. The Balaban J connectivity index is 1.83. The van der Waals surface area contributed by atoms with Crippen LogP contribution in [0.5, 0.6) is 11.5 Å². The molecule has 11 heteroatoms. The van der Waals surface area contributed by atoms with E-state index in [0.717, 1.165) is 0 Å². The first-order valence-corrected chi connectivity index (χ1v) is 10.2. The van der Waals surface area contributed by atoms with Crippen LogP contribution in [0.3, 0.4) is 0 Å². The van der Waals surface area contributed by atoms with E-state index in [2.05, 4.69) is 0 Å². The third kappa shape index (κ3) is 8.33. The third-order valence-electron chi connectivity index (χ3n) is 3.43. The van der Waals surface area contributed by atoms with Crippen LogP contribution in [-0.4, -0.2) is 31.5 Å². The summed E-state index contributed by atoms with van der Waals surface area (Å²) in [5.41, 5.74) is 0.169. The van der Waals surface area contributed by atoms with E-state index in [4.69, 9.17) is 17.8 Å². The Morgan fingerprint density at radius 2 is 1.60 bits per heavy atom. The van der Waals surface area contributed by atoms with Crippen molar-refractivity contribution >= 4 is 16.1 Å². The SMILES string of the molecule is CC(C)(C)COS(=O)(=O)Oc1ccc(COC(O)Oc2ccc([N+](=O)[O-])cc2)cc1. The predicted molar refractivity (Wildman–Crippen MR) is 106 cm³/mol. The second-order valence-electron chi connectivity index (χ2n) is 7.45. The summed E-state index contributed by atoms with van der Waals surface area (Å²) in [5, 5.41) is 20.4. The van der Waals surface area contributed by atoms with Gasteiger partial charge in [-0.15, -0.1) is 0 Å². The molecule has 0 bridgehead atoms. The minimum absolute atomic E-state index is 0.0199. The Labute approximate surface area is 174 Å². The molecule has 0 saturated heterocycles. The van der Waals surface area contributed by atoms with E-state index in [9.17, 15) is 23.6 Å². The van der Waals surface area contributed by atoms with E-state index in [1.807, 2.05) is 20.8 Å². The van der Waals surface area contributed by atoms with Crippen molar-refractivity contribution in [1.82, 2.24) is 0 Å². The highest BCUT2D eigenvalue weighted by molar-refractivity contribution is 7.82. The predicted octanol–water partition coefficient (Wildman–Crippen LogP) is 3.15. The molecule has 0 spiro atoms. The minimum Gasteiger partial charge on any atom is -0.441 e. The number of benzene rings is 2.